The summed E-state index contributed by atoms with van der Waals surface area (Å²) in [5.74, 6) is 0. The fourth-order valence-electron chi connectivity index (χ4n) is 2.17. The van der Waals surface area contributed by atoms with Crippen LogP contribution in [0.25, 0.3) is 0 Å². The van der Waals surface area contributed by atoms with E-state index in [1.165, 1.54) is 0 Å². The van der Waals surface area contributed by atoms with Gasteiger partial charge >= 0.3 is 0 Å². The molecule has 0 aromatic rings. The van der Waals surface area contributed by atoms with Crippen molar-refractivity contribution in [1.82, 2.24) is 0 Å². The normalized spacial score (nSPS) is 50.8. The predicted molar refractivity (Wildman–Crippen MR) is 56.6 cm³/mol. The van der Waals surface area contributed by atoms with Crippen LogP contribution in [-0.2, 0) is 14.2 Å². The molecule has 0 aromatic heterocycles. The zero-order valence-electron chi connectivity index (χ0n) is 9.94. The Morgan fingerprint density at radius 2 is 1.42 bits per heavy atom. The molecule has 8 atom stereocenters. The minimum absolute atomic E-state index is 0.506. The largest absolute Gasteiger partial charge is 0.394 e. The molecule has 0 bridgehead atoms. The number of hydrogen-bond acceptors (Lipinski definition) is 9. The zero-order chi connectivity index (χ0) is 14.2. The molecular formula is C10H18O9. The van der Waals surface area contributed by atoms with Crippen LogP contribution in [0.15, 0.2) is 0 Å². The van der Waals surface area contributed by atoms with Crippen LogP contribution < -0.4 is 0 Å². The summed E-state index contributed by atoms with van der Waals surface area (Å²) >= 11 is 0. The number of rotatable bonds is 4. The summed E-state index contributed by atoms with van der Waals surface area (Å²) in [6.45, 7) is -1.01. The van der Waals surface area contributed by atoms with Gasteiger partial charge < -0.3 is 44.8 Å². The van der Waals surface area contributed by atoms with Crippen molar-refractivity contribution in [2.75, 3.05) is 13.2 Å². The predicted octanol–water partition coefficient (Wildman–Crippen LogP) is -4.12. The van der Waals surface area contributed by atoms with Crippen molar-refractivity contribution >= 4 is 0 Å². The fourth-order valence-corrected chi connectivity index (χ4v) is 2.17. The first-order valence-corrected chi connectivity index (χ1v) is 5.90. The second-order valence-electron chi connectivity index (χ2n) is 4.55. The van der Waals surface area contributed by atoms with Crippen LogP contribution >= 0.6 is 0 Å². The molecule has 0 amide bonds. The summed E-state index contributed by atoms with van der Waals surface area (Å²) in [4.78, 5) is 0. The number of ether oxygens (including phenoxy) is 3. The van der Waals surface area contributed by atoms with E-state index in [2.05, 4.69) is 0 Å². The molecule has 2 rings (SSSR count). The summed E-state index contributed by atoms with van der Waals surface area (Å²) in [6, 6.07) is 0. The van der Waals surface area contributed by atoms with E-state index in [4.69, 9.17) is 24.4 Å². The van der Waals surface area contributed by atoms with Crippen molar-refractivity contribution in [1.29, 1.82) is 0 Å². The van der Waals surface area contributed by atoms with Gasteiger partial charge in [0.15, 0.2) is 12.6 Å². The lowest BCUT2D eigenvalue weighted by Crippen LogP contribution is -2.43. The van der Waals surface area contributed by atoms with Crippen molar-refractivity contribution < 1.29 is 44.8 Å². The van der Waals surface area contributed by atoms with Gasteiger partial charge in [0, 0.05) is 0 Å². The van der Waals surface area contributed by atoms with E-state index >= 15 is 0 Å². The Morgan fingerprint density at radius 3 is 1.95 bits per heavy atom. The standard InChI is InChI=1S/C10H18O9/c11-1-3-5(13)6(14)10(18-3)19-8-4(2-12)17-9(16)7(8)15/h3-16H,1-2H2/t3-,4-,5-,6+,7+,8-,9+,10-/m0/s1. The second-order valence-corrected chi connectivity index (χ2v) is 4.55. The molecule has 2 fully saturated rings. The molecule has 9 heteroatoms. The Balaban J connectivity index is 2.00. The quantitative estimate of drug-likeness (QED) is 0.302. The highest BCUT2D eigenvalue weighted by Crippen LogP contribution is 2.28. The van der Waals surface area contributed by atoms with Gasteiger partial charge in [-0.1, -0.05) is 0 Å². The van der Waals surface area contributed by atoms with Crippen molar-refractivity contribution in [2.45, 2.75) is 49.2 Å². The van der Waals surface area contributed by atoms with Crippen LogP contribution in [-0.4, -0.2) is 93.1 Å². The van der Waals surface area contributed by atoms with Gasteiger partial charge in [-0.3, -0.25) is 0 Å². The Bertz CT molecular complexity index is 301. The Hall–Kier alpha value is -0.360. The molecule has 112 valence electrons. The van der Waals surface area contributed by atoms with E-state index in [0.29, 0.717) is 0 Å². The third kappa shape index (κ3) is 2.75. The third-order valence-electron chi connectivity index (χ3n) is 3.28. The molecule has 19 heavy (non-hydrogen) atoms. The van der Waals surface area contributed by atoms with Crippen LogP contribution in [0.2, 0.25) is 0 Å². The van der Waals surface area contributed by atoms with Crippen molar-refractivity contribution in [3.05, 3.63) is 0 Å². The maximum absolute atomic E-state index is 9.67. The summed E-state index contributed by atoms with van der Waals surface area (Å²) in [6.07, 6.45) is -10.1. The van der Waals surface area contributed by atoms with Gasteiger partial charge in [0.1, 0.15) is 36.6 Å². The first-order valence-electron chi connectivity index (χ1n) is 5.90. The van der Waals surface area contributed by atoms with Gasteiger partial charge in [0.25, 0.3) is 0 Å². The monoisotopic (exact) mass is 282 g/mol. The molecule has 2 aliphatic rings. The molecule has 6 N–H and O–H groups in total. The number of aliphatic hydroxyl groups is 6. The lowest BCUT2D eigenvalue weighted by Gasteiger charge is -2.24. The molecule has 0 aliphatic carbocycles. The molecular weight excluding hydrogens is 264 g/mol. The van der Waals surface area contributed by atoms with E-state index < -0.39 is 62.4 Å². The van der Waals surface area contributed by atoms with Crippen LogP contribution in [0, 0.1) is 0 Å². The molecule has 0 radical (unpaired) electrons. The van der Waals surface area contributed by atoms with Crippen molar-refractivity contribution in [3.8, 4) is 0 Å². The average molecular weight is 282 g/mol. The van der Waals surface area contributed by atoms with E-state index in [1.807, 2.05) is 0 Å². The molecule has 0 spiro atoms. The highest BCUT2D eigenvalue weighted by atomic mass is 16.7. The van der Waals surface area contributed by atoms with Crippen molar-refractivity contribution in [3.63, 3.8) is 0 Å². The van der Waals surface area contributed by atoms with Crippen LogP contribution in [0.3, 0.4) is 0 Å². The van der Waals surface area contributed by atoms with Gasteiger partial charge in [0.2, 0.25) is 0 Å². The molecule has 9 nitrogen and oxygen atoms in total. The van der Waals surface area contributed by atoms with Gasteiger partial charge in [-0.05, 0) is 0 Å². The molecule has 2 aliphatic heterocycles. The summed E-state index contributed by atoms with van der Waals surface area (Å²) in [5, 5.41) is 56.1. The first kappa shape index (κ1) is 15.0. The minimum atomic E-state index is -1.51. The van der Waals surface area contributed by atoms with E-state index in [9.17, 15) is 20.4 Å². The maximum Gasteiger partial charge on any atom is 0.187 e. The fraction of sp³-hybridized carbons (Fsp3) is 1.00. The molecule has 0 saturated carbocycles. The van der Waals surface area contributed by atoms with E-state index in [1.54, 1.807) is 0 Å². The SMILES string of the molecule is OC[C@@H]1O[C@@H](O[C@@H]2[C@@H](O)[C@H](O)O[C@H]2CO)[C@H](O)[C@H]1O. The summed E-state index contributed by atoms with van der Waals surface area (Å²) < 4.78 is 15.1. The third-order valence-corrected chi connectivity index (χ3v) is 3.28. The first-order chi connectivity index (χ1) is 8.99. The van der Waals surface area contributed by atoms with Gasteiger partial charge in [0.05, 0.1) is 13.2 Å². The smallest absolute Gasteiger partial charge is 0.187 e. The van der Waals surface area contributed by atoms with E-state index in [0.717, 1.165) is 0 Å². The van der Waals surface area contributed by atoms with Crippen LogP contribution in [0.4, 0.5) is 0 Å². The second kappa shape index (κ2) is 5.95. The Kier molecular flexibility index (Phi) is 4.71. The highest BCUT2D eigenvalue weighted by Gasteiger charge is 2.49. The van der Waals surface area contributed by atoms with Crippen LogP contribution in [0.1, 0.15) is 0 Å². The lowest BCUT2D eigenvalue weighted by molar-refractivity contribution is -0.215. The molecule has 0 aromatic carbocycles. The zero-order valence-corrected chi connectivity index (χ0v) is 9.94. The van der Waals surface area contributed by atoms with Crippen LogP contribution in [0.5, 0.6) is 0 Å². The topological polar surface area (TPSA) is 149 Å². The number of hydrogen-bond donors (Lipinski definition) is 6. The van der Waals surface area contributed by atoms with E-state index in [-0.39, 0.29) is 0 Å². The summed E-state index contributed by atoms with van der Waals surface area (Å²) in [5.41, 5.74) is 0. The Morgan fingerprint density at radius 1 is 0.789 bits per heavy atom. The molecule has 2 heterocycles. The molecule has 0 unspecified atom stereocenters. The average Bonchev–Trinajstić information content (AvgIpc) is 2.83. The lowest BCUT2D eigenvalue weighted by atomic mass is 10.1. The summed E-state index contributed by atoms with van der Waals surface area (Å²) in [7, 11) is 0. The Labute approximate surface area is 108 Å². The van der Waals surface area contributed by atoms with Crippen molar-refractivity contribution in [2.24, 2.45) is 0 Å². The van der Waals surface area contributed by atoms with Gasteiger partial charge in [-0.15, -0.1) is 0 Å². The maximum atomic E-state index is 9.67. The molecule has 2 saturated heterocycles. The van der Waals surface area contributed by atoms with Gasteiger partial charge in [-0.25, -0.2) is 0 Å². The van der Waals surface area contributed by atoms with Gasteiger partial charge in [-0.2, -0.15) is 0 Å². The minimum Gasteiger partial charge on any atom is -0.394 e. The highest BCUT2D eigenvalue weighted by molar-refractivity contribution is 4.91. The number of aliphatic hydroxyl groups excluding tert-OH is 6.